The Balaban J connectivity index is 2.00. The van der Waals surface area contributed by atoms with Crippen LogP contribution in [-0.4, -0.2) is 24.0 Å². The van der Waals surface area contributed by atoms with Gasteiger partial charge in [-0.25, -0.2) is 0 Å². The maximum absolute atomic E-state index is 5.51. The van der Waals surface area contributed by atoms with E-state index in [0.717, 1.165) is 32.1 Å². The number of nitrogens with zero attached hydrogens (tertiary/aromatic N) is 1. The van der Waals surface area contributed by atoms with Gasteiger partial charge in [-0.2, -0.15) is 0 Å². The molecule has 1 N–H and O–H groups in total. The standard InChI is InChI=1S/C18H26N2/c1-4-11-20(13-16-9-10-16)14-18-8-6-5-7-17(18)12-19-15(2)3/h1,5-8,15-16,19H,9-14H2,2-3H3. The van der Waals surface area contributed by atoms with Crippen LogP contribution in [0.5, 0.6) is 0 Å². The van der Waals surface area contributed by atoms with Gasteiger partial charge in [-0.1, -0.05) is 44.0 Å². The summed E-state index contributed by atoms with van der Waals surface area (Å²) < 4.78 is 0. The number of hydrogen-bond donors (Lipinski definition) is 1. The van der Waals surface area contributed by atoms with Crippen molar-refractivity contribution in [2.24, 2.45) is 5.92 Å². The number of hydrogen-bond acceptors (Lipinski definition) is 2. The highest BCUT2D eigenvalue weighted by Crippen LogP contribution is 2.30. The molecular weight excluding hydrogens is 244 g/mol. The van der Waals surface area contributed by atoms with Crippen molar-refractivity contribution in [1.29, 1.82) is 0 Å². The first-order chi connectivity index (χ1) is 9.69. The monoisotopic (exact) mass is 270 g/mol. The van der Waals surface area contributed by atoms with E-state index < -0.39 is 0 Å². The molecule has 0 amide bonds. The van der Waals surface area contributed by atoms with Gasteiger partial charge in [0.25, 0.3) is 0 Å². The van der Waals surface area contributed by atoms with Gasteiger partial charge in [0.15, 0.2) is 0 Å². The summed E-state index contributed by atoms with van der Waals surface area (Å²) in [5, 5.41) is 3.50. The molecule has 0 heterocycles. The highest BCUT2D eigenvalue weighted by atomic mass is 15.1. The van der Waals surface area contributed by atoms with Gasteiger partial charge in [0.05, 0.1) is 6.54 Å². The zero-order valence-electron chi connectivity index (χ0n) is 12.7. The number of nitrogens with one attached hydrogen (secondary N) is 1. The normalized spacial score (nSPS) is 14.8. The quantitative estimate of drug-likeness (QED) is 0.731. The van der Waals surface area contributed by atoms with Gasteiger partial charge in [0.2, 0.25) is 0 Å². The summed E-state index contributed by atoms with van der Waals surface area (Å²) in [6.07, 6.45) is 8.26. The molecule has 0 spiro atoms. The summed E-state index contributed by atoms with van der Waals surface area (Å²) >= 11 is 0. The third-order valence-electron chi connectivity index (χ3n) is 3.74. The second-order valence-electron chi connectivity index (χ2n) is 6.12. The maximum Gasteiger partial charge on any atom is 0.0601 e. The first kappa shape index (κ1) is 15.1. The molecule has 20 heavy (non-hydrogen) atoms. The van der Waals surface area contributed by atoms with Crippen molar-refractivity contribution in [2.45, 2.75) is 45.8 Å². The van der Waals surface area contributed by atoms with Crippen LogP contribution < -0.4 is 5.32 Å². The fourth-order valence-electron chi connectivity index (χ4n) is 2.42. The van der Waals surface area contributed by atoms with E-state index in [1.54, 1.807) is 0 Å². The van der Waals surface area contributed by atoms with Crippen LogP contribution in [0.3, 0.4) is 0 Å². The van der Waals surface area contributed by atoms with Crippen molar-refractivity contribution in [1.82, 2.24) is 10.2 Å². The minimum absolute atomic E-state index is 0.510. The Labute approximate surface area is 123 Å². The summed E-state index contributed by atoms with van der Waals surface area (Å²) in [7, 11) is 0. The van der Waals surface area contributed by atoms with Crippen LogP contribution >= 0.6 is 0 Å². The maximum atomic E-state index is 5.51. The Kier molecular flexibility index (Phi) is 5.64. The van der Waals surface area contributed by atoms with Gasteiger partial charge in [0.1, 0.15) is 0 Å². The molecule has 0 bridgehead atoms. The van der Waals surface area contributed by atoms with Crippen molar-refractivity contribution < 1.29 is 0 Å². The lowest BCUT2D eigenvalue weighted by Crippen LogP contribution is -2.28. The Hall–Kier alpha value is -1.30. The zero-order valence-corrected chi connectivity index (χ0v) is 12.7. The van der Waals surface area contributed by atoms with Crippen LogP contribution in [0.25, 0.3) is 0 Å². The van der Waals surface area contributed by atoms with E-state index >= 15 is 0 Å². The molecule has 2 rings (SSSR count). The Morgan fingerprint density at radius 3 is 2.60 bits per heavy atom. The van der Waals surface area contributed by atoms with Crippen LogP contribution in [-0.2, 0) is 13.1 Å². The molecule has 1 aliphatic rings. The van der Waals surface area contributed by atoms with Gasteiger partial charge < -0.3 is 5.32 Å². The van der Waals surface area contributed by atoms with Crippen molar-refractivity contribution in [3.63, 3.8) is 0 Å². The van der Waals surface area contributed by atoms with Gasteiger partial charge in [0, 0.05) is 25.7 Å². The number of benzene rings is 1. The average molecular weight is 270 g/mol. The first-order valence-corrected chi connectivity index (χ1v) is 7.65. The fourth-order valence-corrected chi connectivity index (χ4v) is 2.42. The van der Waals surface area contributed by atoms with E-state index in [2.05, 4.69) is 54.3 Å². The van der Waals surface area contributed by atoms with Crippen LogP contribution in [0, 0.1) is 18.3 Å². The molecule has 0 aliphatic heterocycles. The molecular formula is C18H26N2. The van der Waals surface area contributed by atoms with E-state index in [1.165, 1.54) is 24.0 Å². The molecule has 1 saturated carbocycles. The van der Waals surface area contributed by atoms with Gasteiger partial charge in [-0.05, 0) is 29.9 Å². The molecule has 0 unspecified atom stereocenters. The first-order valence-electron chi connectivity index (χ1n) is 7.65. The van der Waals surface area contributed by atoms with Crippen LogP contribution in [0.2, 0.25) is 0 Å². The predicted molar refractivity (Wildman–Crippen MR) is 85.3 cm³/mol. The van der Waals surface area contributed by atoms with Gasteiger partial charge in [-0.15, -0.1) is 6.42 Å². The smallest absolute Gasteiger partial charge is 0.0601 e. The van der Waals surface area contributed by atoms with E-state index in [1.807, 2.05) is 0 Å². The molecule has 0 radical (unpaired) electrons. The van der Waals surface area contributed by atoms with E-state index in [9.17, 15) is 0 Å². The summed E-state index contributed by atoms with van der Waals surface area (Å²) in [4.78, 5) is 2.41. The molecule has 2 nitrogen and oxygen atoms in total. The van der Waals surface area contributed by atoms with Crippen molar-refractivity contribution in [2.75, 3.05) is 13.1 Å². The fraction of sp³-hybridized carbons (Fsp3) is 0.556. The lowest BCUT2D eigenvalue weighted by atomic mass is 10.1. The van der Waals surface area contributed by atoms with Crippen LogP contribution in [0.4, 0.5) is 0 Å². The lowest BCUT2D eigenvalue weighted by Gasteiger charge is -2.22. The molecule has 1 aromatic carbocycles. The Morgan fingerprint density at radius 1 is 1.30 bits per heavy atom. The lowest BCUT2D eigenvalue weighted by molar-refractivity contribution is 0.285. The minimum atomic E-state index is 0.510. The van der Waals surface area contributed by atoms with Crippen molar-refractivity contribution in [3.8, 4) is 12.3 Å². The topological polar surface area (TPSA) is 15.3 Å². The molecule has 0 saturated heterocycles. The van der Waals surface area contributed by atoms with Crippen molar-refractivity contribution in [3.05, 3.63) is 35.4 Å². The second kappa shape index (κ2) is 7.47. The van der Waals surface area contributed by atoms with E-state index in [0.29, 0.717) is 6.04 Å². The largest absolute Gasteiger partial charge is 0.310 e. The molecule has 0 atom stereocenters. The summed E-state index contributed by atoms with van der Waals surface area (Å²) in [5.41, 5.74) is 2.79. The predicted octanol–water partition coefficient (Wildman–Crippen LogP) is 3.03. The number of rotatable bonds is 8. The summed E-state index contributed by atoms with van der Waals surface area (Å²) in [5.74, 6) is 3.68. The SMILES string of the molecule is C#CCN(Cc1ccccc1CNC(C)C)CC1CC1. The van der Waals surface area contributed by atoms with E-state index in [4.69, 9.17) is 6.42 Å². The molecule has 108 valence electrons. The van der Waals surface area contributed by atoms with Gasteiger partial charge >= 0.3 is 0 Å². The van der Waals surface area contributed by atoms with E-state index in [-0.39, 0.29) is 0 Å². The highest BCUT2D eigenvalue weighted by Gasteiger charge is 2.24. The minimum Gasteiger partial charge on any atom is -0.310 e. The molecule has 2 heteroatoms. The molecule has 1 aliphatic carbocycles. The van der Waals surface area contributed by atoms with Crippen LogP contribution in [0.15, 0.2) is 24.3 Å². The van der Waals surface area contributed by atoms with Crippen molar-refractivity contribution >= 4 is 0 Å². The Bertz CT molecular complexity index is 455. The summed E-state index contributed by atoms with van der Waals surface area (Å²) in [6.45, 7) is 8.16. The third kappa shape index (κ3) is 5.00. The summed E-state index contributed by atoms with van der Waals surface area (Å²) in [6, 6.07) is 9.20. The van der Waals surface area contributed by atoms with Gasteiger partial charge in [-0.3, -0.25) is 4.90 Å². The number of terminal acetylenes is 1. The molecule has 1 aromatic rings. The molecule has 1 fully saturated rings. The zero-order chi connectivity index (χ0) is 14.4. The third-order valence-corrected chi connectivity index (χ3v) is 3.74. The highest BCUT2D eigenvalue weighted by molar-refractivity contribution is 5.27. The Morgan fingerprint density at radius 2 is 2.00 bits per heavy atom. The molecule has 0 aromatic heterocycles. The second-order valence-corrected chi connectivity index (χ2v) is 6.12. The average Bonchev–Trinajstić information content (AvgIpc) is 3.22. The van der Waals surface area contributed by atoms with Crippen LogP contribution in [0.1, 0.15) is 37.8 Å².